The van der Waals surface area contributed by atoms with Gasteiger partial charge in [-0.15, -0.1) is 12.4 Å². The Balaban J connectivity index is 0.00000128. The summed E-state index contributed by atoms with van der Waals surface area (Å²) in [4.78, 5) is 0. The summed E-state index contributed by atoms with van der Waals surface area (Å²) >= 11 is 3.47. The van der Waals surface area contributed by atoms with E-state index in [2.05, 4.69) is 28.1 Å². The average molecular weight is 307 g/mol. The molecule has 1 saturated heterocycles. The second-order valence-electron chi connectivity index (χ2n) is 4.03. The van der Waals surface area contributed by atoms with E-state index in [4.69, 9.17) is 10.5 Å². The van der Waals surface area contributed by atoms with Crippen LogP contribution in [0.2, 0.25) is 0 Å². The van der Waals surface area contributed by atoms with Crippen LogP contribution in [0.15, 0.2) is 28.7 Å². The van der Waals surface area contributed by atoms with Crippen molar-refractivity contribution in [3.63, 3.8) is 0 Å². The highest BCUT2D eigenvalue weighted by Gasteiger charge is 2.22. The molecule has 0 radical (unpaired) electrons. The quantitative estimate of drug-likeness (QED) is 0.910. The molecule has 0 spiro atoms. The summed E-state index contributed by atoms with van der Waals surface area (Å²) in [6, 6.07) is 8.43. The molecule has 0 bridgehead atoms. The maximum atomic E-state index is 6.26. The second-order valence-corrected chi connectivity index (χ2v) is 4.95. The van der Waals surface area contributed by atoms with Crippen LogP contribution in [0.5, 0.6) is 0 Å². The van der Waals surface area contributed by atoms with Crippen molar-refractivity contribution < 1.29 is 4.74 Å². The Bertz CT molecular complexity index is 329. The van der Waals surface area contributed by atoms with Crippen molar-refractivity contribution in [2.75, 3.05) is 13.2 Å². The third-order valence-electron chi connectivity index (χ3n) is 3.01. The summed E-state index contributed by atoms with van der Waals surface area (Å²) in [5.41, 5.74) is 7.48. The summed E-state index contributed by atoms with van der Waals surface area (Å²) in [6.45, 7) is 1.71. The molecule has 0 aliphatic carbocycles. The molecule has 0 saturated carbocycles. The Morgan fingerprint density at radius 1 is 1.31 bits per heavy atom. The highest BCUT2D eigenvalue weighted by atomic mass is 79.9. The summed E-state index contributed by atoms with van der Waals surface area (Å²) in [5, 5.41) is 0. The van der Waals surface area contributed by atoms with E-state index in [1.54, 1.807) is 0 Å². The fourth-order valence-electron chi connectivity index (χ4n) is 2.06. The lowest BCUT2D eigenvalue weighted by molar-refractivity contribution is 0.0584. The molecule has 90 valence electrons. The van der Waals surface area contributed by atoms with E-state index in [1.807, 2.05) is 12.1 Å². The number of nitrogens with two attached hydrogens (primary N) is 1. The van der Waals surface area contributed by atoms with E-state index in [0.717, 1.165) is 30.5 Å². The Hall–Kier alpha value is -0.0900. The predicted molar refractivity (Wildman–Crippen MR) is 71.9 cm³/mol. The smallest absolute Gasteiger partial charge is 0.0469 e. The van der Waals surface area contributed by atoms with Crippen molar-refractivity contribution in [2.45, 2.75) is 18.9 Å². The highest BCUT2D eigenvalue weighted by molar-refractivity contribution is 9.10. The summed E-state index contributed by atoms with van der Waals surface area (Å²) in [7, 11) is 0. The van der Waals surface area contributed by atoms with Crippen molar-refractivity contribution in [2.24, 2.45) is 11.7 Å². The zero-order chi connectivity index (χ0) is 10.7. The highest BCUT2D eigenvalue weighted by Crippen LogP contribution is 2.29. The Labute approximate surface area is 111 Å². The monoisotopic (exact) mass is 305 g/mol. The molecular formula is C12H17BrClNO. The first-order chi connectivity index (χ1) is 7.27. The number of halogens is 2. The van der Waals surface area contributed by atoms with Gasteiger partial charge in [0.25, 0.3) is 0 Å². The lowest BCUT2D eigenvalue weighted by Gasteiger charge is -2.27. The number of ether oxygens (including phenoxy) is 1. The molecule has 4 heteroatoms. The summed E-state index contributed by atoms with van der Waals surface area (Å²) in [5.74, 6) is 0.563. The third-order valence-corrected chi connectivity index (χ3v) is 3.50. The van der Waals surface area contributed by atoms with Crippen molar-refractivity contribution >= 4 is 28.3 Å². The fraction of sp³-hybridized carbons (Fsp3) is 0.500. The van der Waals surface area contributed by atoms with E-state index >= 15 is 0 Å². The zero-order valence-corrected chi connectivity index (χ0v) is 11.5. The maximum Gasteiger partial charge on any atom is 0.0469 e. The maximum absolute atomic E-state index is 6.26. The van der Waals surface area contributed by atoms with Gasteiger partial charge in [0, 0.05) is 23.7 Å². The van der Waals surface area contributed by atoms with Gasteiger partial charge in [-0.3, -0.25) is 0 Å². The molecule has 0 unspecified atom stereocenters. The third kappa shape index (κ3) is 3.45. The molecule has 2 rings (SSSR count). The van der Waals surface area contributed by atoms with Crippen LogP contribution < -0.4 is 5.73 Å². The van der Waals surface area contributed by atoms with Crippen LogP contribution in [-0.4, -0.2) is 13.2 Å². The van der Waals surface area contributed by atoms with Gasteiger partial charge in [-0.25, -0.2) is 0 Å². The van der Waals surface area contributed by atoms with Gasteiger partial charge >= 0.3 is 0 Å². The van der Waals surface area contributed by atoms with E-state index < -0.39 is 0 Å². The van der Waals surface area contributed by atoms with E-state index in [9.17, 15) is 0 Å². The largest absolute Gasteiger partial charge is 0.381 e. The van der Waals surface area contributed by atoms with E-state index in [-0.39, 0.29) is 18.4 Å². The first-order valence-corrected chi connectivity index (χ1v) is 6.15. The van der Waals surface area contributed by atoms with Crippen molar-refractivity contribution in [3.8, 4) is 0 Å². The Kier molecular flexibility index (Phi) is 5.76. The molecule has 2 nitrogen and oxygen atoms in total. The second kappa shape index (κ2) is 6.60. The number of hydrogen-bond donors (Lipinski definition) is 1. The first-order valence-electron chi connectivity index (χ1n) is 5.36. The molecule has 1 aromatic rings. The van der Waals surface area contributed by atoms with Crippen molar-refractivity contribution in [1.82, 2.24) is 0 Å². The minimum Gasteiger partial charge on any atom is -0.381 e. The molecule has 0 aromatic heterocycles. The predicted octanol–water partition coefficient (Wildman–Crippen LogP) is 3.30. The van der Waals surface area contributed by atoms with Crippen LogP contribution in [0.25, 0.3) is 0 Å². The molecule has 2 N–H and O–H groups in total. The van der Waals surface area contributed by atoms with Crippen LogP contribution >= 0.6 is 28.3 Å². The number of rotatable bonds is 2. The van der Waals surface area contributed by atoms with Crippen LogP contribution in [0.1, 0.15) is 24.4 Å². The minimum atomic E-state index is 0. The minimum absolute atomic E-state index is 0. The first kappa shape index (κ1) is 14.0. The SMILES string of the molecule is Cl.N[C@H](c1cccc(Br)c1)C1CCOCC1. The van der Waals surface area contributed by atoms with Gasteiger partial charge in [0.15, 0.2) is 0 Å². The molecular weight excluding hydrogens is 289 g/mol. The Morgan fingerprint density at radius 3 is 2.62 bits per heavy atom. The van der Waals surface area contributed by atoms with Crippen LogP contribution in [0.3, 0.4) is 0 Å². The van der Waals surface area contributed by atoms with Gasteiger partial charge in [-0.1, -0.05) is 28.1 Å². The zero-order valence-electron chi connectivity index (χ0n) is 9.06. The van der Waals surface area contributed by atoms with Crippen molar-refractivity contribution in [1.29, 1.82) is 0 Å². The molecule has 1 heterocycles. The molecule has 1 fully saturated rings. The van der Waals surface area contributed by atoms with Gasteiger partial charge < -0.3 is 10.5 Å². The Morgan fingerprint density at radius 2 is 2.00 bits per heavy atom. The standard InChI is InChI=1S/C12H16BrNO.ClH/c13-11-3-1-2-10(8-11)12(14)9-4-6-15-7-5-9;/h1-3,8-9,12H,4-7,14H2;1H/t12-;/m0./s1. The fourth-order valence-corrected chi connectivity index (χ4v) is 2.48. The molecule has 16 heavy (non-hydrogen) atoms. The topological polar surface area (TPSA) is 35.2 Å². The molecule has 1 aliphatic rings. The van der Waals surface area contributed by atoms with Crippen LogP contribution in [-0.2, 0) is 4.74 Å². The lowest BCUT2D eigenvalue weighted by atomic mass is 9.88. The lowest BCUT2D eigenvalue weighted by Crippen LogP contribution is -2.27. The van der Waals surface area contributed by atoms with E-state index in [1.165, 1.54) is 5.56 Å². The normalized spacial score (nSPS) is 18.9. The van der Waals surface area contributed by atoms with Gasteiger partial charge in [0.2, 0.25) is 0 Å². The number of benzene rings is 1. The molecule has 1 aliphatic heterocycles. The summed E-state index contributed by atoms with van der Waals surface area (Å²) < 4.78 is 6.44. The van der Waals surface area contributed by atoms with Gasteiger partial charge in [-0.2, -0.15) is 0 Å². The average Bonchev–Trinajstić information content (AvgIpc) is 2.29. The van der Waals surface area contributed by atoms with Gasteiger partial charge in [0.05, 0.1) is 0 Å². The number of hydrogen-bond acceptors (Lipinski definition) is 2. The molecule has 0 amide bonds. The van der Waals surface area contributed by atoms with Crippen molar-refractivity contribution in [3.05, 3.63) is 34.3 Å². The van der Waals surface area contributed by atoms with Crippen LogP contribution in [0.4, 0.5) is 0 Å². The molecule has 1 atom stereocenters. The van der Waals surface area contributed by atoms with Crippen LogP contribution in [0, 0.1) is 5.92 Å². The van der Waals surface area contributed by atoms with E-state index in [0.29, 0.717) is 5.92 Å². The molecule has 1 aromatic carbocycles. The van der Waals surface area contributed by atoms with Gasteiger partial charge in [-0.05, 0) is 36.5 Å². The summed E-state index contributed by atoms with van der Waals surface area (Å²) in [6.07, 6.45) is 2.15. The van der Waals surface area contributed by atoms with Gasteiger partial charge in [0.1, 0.15) is 0 Å².